The van der Waals surface area contributed by atoms with Gasteiger partial charge in [-0.3, -0.25) is 4.79 Å². The van der Waals surface area contributed by atoms with Gasteiger partial charge in [0.05, 0.1) is 6.61 Å². The van der Waals surface area contributed by atoms with Gasteiger partial charge in [0, 0.05) is 7.05 Å². The third-order valence-electron chi connectivity index (χ3n) is 1.40. The van der Waals surface area contributed by atoms with Crippen LogP contribution in [0.15, 0.2) is 5.16 Å². The van der Waals surface area contributed by atoms with E-state index in [0.717, 1.165) is 0 Å². The first-order chi connectivity index (χ1) is 5.67. The lowest BCUT2D eigenvalue weighted by Crippen LogP contribution is -2.32. The molecule has 0 rings (SSSR count). The Kier molecular flexibility index (Phi) is 4.83. The fraction of sp³-hybridized carbons (Fsp3) is 0.714. The van der Waals surface area contributed by atoms with Crippen molar-refractivity contribution in [2.45, 2.75) is 13.8 Å². The summed E-state index contributed by atoms with van der Waals surface area (Å²) in [6.45, 7) is 3.73. The maximum absolute atomic E-state index is 11.0. The Balaban J connectivity index is 4.22. The number of hydrogen-bond donors (Lipinski definition) is 2. The van der Waals surface area contributed by atoms with Gasteiger partial charge >= 0.3 is 0 Å². The molecule has 0 saturated carbocycles. The van der Waals surface area contributed by atoms with E-state index in [1.54, 1.807) is 13.8 Å². The van der Waals surface area contributed by atoms with Crippen molar-refractivity contribution in [2.24, 2.45) is 11.1 Å². The van der Waals surface area contributed by atoms with Crippen LogP contribution < -0.4 is 5.32 Å². The molecule has 0 aromatic heterocycles. The highest BCUT2D eigenvalue weighted by Crippen LogP contribution is 2.00. The number of carbonyl (C=O) groups excluding carboxylic acids is 1. The number of nitrogens with one attached hydrogen (secondary N) is 1. The molecule has 0 heterocycles. The molecule has 1 atom stereocenters. The third kappa shape index (κ3) is 2.77. The van der Waals surface area contributed by atoms with Crippen molar-refractivity contribution >= 4 is 11.8 Å². The highest BCUT2D eigenvalue weighted by atomic mass is 16.5. The lowest BCUT2D eigenvalue weighted by Gasteiger charge is -2.11. The summed E-state index contributed by atoms with van der Waals surface area (Å²) in [4.78, 5) is 11.0. The molecule has 0 radical (unpaired) electrons. The Morgan fingerprint density at radius 1 is 1.75 bits per heavy atom. The standard InChI is InChI=1S/C7H14N2O3/c1-4-12-7(9-11)5(2)6(10)8-3/h5,11H,4H2,1-3H3,(H,8,10). The minimum Gasteiger partial charge on any atom is -0.478 e. The molecule has 12 heavy (non-hydrogen) atoms. The summed E-state index contributed by atoms with van der Waals surface area (Å²) >= 11 is 0. The fourth-order valence-electron chi connectivity index (χ4n) is 0.717. The zero-order valence-electron chi connectivity index (χ0n) is 7.50. The Morgan fingerprint density at radius 3 is 2.67 bits per heavy atom. The van der Waals surface area contributed by atoms with Crippen LogP contribution in [0, 0.1) is 5.92 Å². The van der Waals surface area contributed by atoms with E-state index in [1.807, 2.05) is 0 Å². The van der Waals surface area contributed by atoms with Gasteiger partial charge in [-0.25, -0.2) is 0 Å². The van der Waals surface area contributed by atoms with Crippen LogP contribution in [-0.2, 0) is 9.53 Å². The van der Waals surface area contributed by atoms with Gasteiger partial charge in [0.1, 0.15) is 5.92 Å². The molecule has 1 amide bonds. The number of ether oxygens (including phenoxy) is 1. The molecule has 1 unspecified atom stereocenters. The molecule has 0 bridgehead atoms. The number of carbonyl (C=O) groups is 1. The van der Waals surface area contributed by atoms with Crippen LogP contribution in [0.4, 0.5) is 0 Å². The first-order valence-corrected chi connectivity index (χ1v) is 3.73. The van der Waals surface area contributed by atoms with Crippen LogP contribution in [0.3, 0.4) is 0 Å². The average Bonchev–Trinajstić information content (AvgIpc) is 2.11. The zero-order valence-corrected chi connectivity index (χ0v) is 7.50. The van der Waals surface area contributed by atoms with Crippen LogP contribution in [0.1, 0.15) is 13.8 Å². The smallest absolute Gasteiger partial charge is 0.237 e. The van der Waals surface area contributed by atoms with Crippen LogP contribution in [0.5, 0.6) is 0 Å². The third-order valence-corrected chi connectivity index (χ3v) is 1.40. The van der Waals surface area contributed by atoms with Gasteiger partial charge in [-0.15, -0.1) is 0 Å². The highest BCUT2D eigenvalue weighted by Gasteiger charge is 2.19. The first-order valence-electron chi connectivity index (χ1n) is 3.73. The monoisotopic (exact) mass is 174 g/mol. The minimum atomic E-state index is -0.556. The van der Waals surface area contributed by atoms with Crippen molar-refractivity contribution in [3.8, 4) is 0 Å². The number of oxime groups is 1. The molecule has 0 spiro atoms. The highest BCUT2D eigenvalue weighted by molar-refractivity contribution is 5.99. The van der Waals surface area contributed by atoms with E-state index in [9.17, 15) is 4.79 Å². The second-order valence-corrected chi connectivity index (χ2v) is 2.21. The Labute approximate surface area is 71.4 Å². The summed E-state index contributed by atoms with van der Waals surface area (Å²) < 4.78 is 4.92. The van der Waals surface area contributed by atoms with Gasteiger partial charge in [0.15, 0.2) is 0 Å². The van der Waals surface area contributed by atoms with Crippen molar-refractivity contribution in [3.63, 3.8) is 0 Å². The Bertz CT molecular complexity index is 179. The van der Waals surface area contributed by atoms with Gasteiger partial charge in [-0.1, -0.05) is 5.16 Å². The van der Waals surface area contributed by atoms with Crippen molar-refractivity contribution in [3.05, 3.63) is 0 Å². The predicted molar refractivity (Wildman–Crippen MR) is 44.1 cm³/mol. The molecule has 5 heteroatoms. The molecule has 0 aromatic carbocycles. The molecule has 0 aliphatic heterocycles. The molecule has 0 aliphatic rings. The topological polar surface area (TPSA) is 70.9 Å². The maximum atomic E-state index is 11.0. The van der Waals surface area contributed by atoms with E-state index >= 15 is 0 Å². The van der Waals surface area contributed by atoms with Gasteiger partial charge in [0.2, 0.25) is 11.8 Å². The largest absolute Gasteiger partial charge is 0.478 e. The summed E-state index contributed by atoms with van der Waals surface area (Å²) in [5, 5.41) is 13.8. The quantitative estimate of drug-likeness (QED) is 0.278. The molecule has 0 saturated heterocycles. The van der Waals surface area contributed by atoms with Crippen LogP contribution in [0.2, 0.25) is 0 Å². The Morgan fingerprint density at radius 2 is 2.33 bits per heavy atom. The summed E-state index contributed by atoms with van der Waals surface area (Å²) in [5.41, 5.74) is 0. The summed E-state index contributed by atoms with van der Waals surface area (Å²) in [5.74, 6) is -0.756. The van der Waals surface area contributed by atoms with Gasteiger partial charge < -0.3 is 15.3 Å². The van der Waals surface area contributed by atoms with Crippen molar-refractivity contribution in [2.75, 3.05) is 13.7 Å². The summed E-state index contributed by atoms with van der Waals surface area (Å²) in [6, 6.07) is 0. The minimum absolute atomic E-state index is 0.0388. The van der Waals surface area contributed by atoms with E-state index in [1.165, 1.54) is 7.05 Å². The molecule has 0 fully saturated rings. The zero-order chi connectivity index (χ0) is 9.56. The lowest BCUT2D eigenvalue weighted by molar-refractivity contribution is -0.122. The molecule has 0 aliphatic carbocycles. The van der Waals surface area contributed by atoms with Crippen LogP contribution in [0.25, 0.3) is 0 Å². The summed E-state index contributed by atoms with van der Waals surface area (Å²) in [6.07, 6.45) is 0. The van der Waals surface area contributed by atoms with E-state index in [-0.39, 0.29) is 11.8 Å². The second-order valence-electron chi connectivity index (χ2n) is 2.21. The fourth-order valence-corrected chi connectivity index (χ4v) is 0.717. The number of hydrogen-bond acceptors (Lipinski definition) is 4. The SMILES string of the molecule is CCOC(=NO)C(C)C(=O)NC. The maximum Gasteiger partial charge on any atom is 0.237 e. The number of rotatable bonds is 3. The lowest BCUT2D eigenvalue weighted by atomic mass is 10.1. The van der Waals surface area contributed by atoms with Crippen molar-refractivity contribution in [1.82, 2.24) is 5.32 Å². The number of amides is 1. The van der Waals surface area contributed by atoms with E-state index in [2.05, 4.69) is 10.5 Å². The molecular weight excluding hydrogens is 160 g/mol. The molecule has 0 aromatic rings. The van der Waals surface area contributed by atoms with Gasteiger partial charge in [-0.05, 0) is 13.8 Å². The normalized spacial score (nSPS) is 13.8. The Hall–Kier alpha value is -1.26. The molecular formula is C7H14N2O3. The van der Waals surface area contributed by atoms with E-state index in [4.69, 9.17) is 9.94 Å². The predicted octanol–water partition coefficient (Wildman–Crippen LogP) is 0.193. The molecule has 2 N–H and O–H groups in total. The van der Waals surface area contributed by atoms with Gasteiger partial charge in [-0.2, -0.15) is 0 Å². The summed E-state index contributed by atoms with van der Waals surface area (Å²) in [7, 11) is 1.51. The van der Waals surface area contributed by atoms with Gasteiger partial charge in [0.25, 0.3) is 0 Å². The van der Waals surface area contributed by atoms with E-state index < -0.39 is 5.92 Å². The molecule has 5 nitrogen and oxygen atoms in total. The average molecular weight is 174 g/mol. The van der Waals surface area contributed by atoms with Crippen LogP contribution in [-0.4, -0.2) is 30.7 Å². The van der Waals surface area contributed by atoms with Crippen molar-refractivity contribution in [1.29, 1.82) is 0 Å². The van der Waals surface area contributed by atoms with Crippen molar-refractivity contribution < 1.29 is 14.7 Å². The number of nitrogens with zero attached hydrogens (tertiary/aromatic N) is 1. The van der Waals surface area contributed by atoms with Crippen LogP contribution >= 0.6 is 0 Å². The second kappa shape index (κ2) is 5.40. The van der Waals surface area contributed by atoms with E-state index in [0.29, 0.717) is 6.61 Å². The first kappa shape index (κ1) is 10.7. The molecule has 70 valence electrons.